The van der Waals surface area contributed by atoms with E-state index in [-0.39, 0.29) is 4.90 Å². The minimum atomic E-state index is -3.46. The van der Waals surface area contributed by atoms with Crippen LogP contribution >= 0.6 is 0 Å². The lowest BCUT2D eigenvalue weighted by Gasteiger charge is -2.19. The van der Waals surface area contributed by atoms with Crippen LogP contribution in [0, 0.1) is 0 Å². The fourth-order valence-corrected chi connectivity index (χ4v) is 2.24. The molecule has 0 spiro atoms. The Hall–Kier alpha value is -1.60. The van der Waals surface area contributed by atoms with E-state index in [4.69, 9.17) is 4.74 Å². The van der Waals surface area contributed by atoms with Crippen molar-refractivity contribution in [1.82, 2.24) is 4.31 Å². The Morgan fingerprint density at radius 3 is 2.05 bits per heavy atom. The van der Waals surface area contributed by atoms with Gasteiger partial charge in [0.15, 0.2) is 0 Å². The minimum Gasteiger partial charge on any atom is -0.444 e. The topological polar surface area (TPSA) is 75.7 Å². The number of anilines is 1. The number of rotatable bonds is 3. The second kappa shape index (κ2) is 5.80. The summed E-state index contributed by atoms with van der Waals surface area (Å²) >= 11 is 0. The SMILES string of the molecule is CN(C)S(=O)(=O)c1ccc(NC(=O)OC(C)(C)C)cc1. The van der Waals surface area contributed by atoms with E-state index < -0.39 is 21.7 Å². The van der Waals surface area contributed by atoms with E-state index in [0.717, 1.165) is 4.31 Å². The fourth-order valence-electron chi connectivity index (χ4n) is 1.34. The average Bonchev–Trinajstić information content (AvgIpc) is 2.26. The molecule has 0 saturated carbocycles. The van der Waals surface area contributed by atoms with Gasteiger partial charge in [-0.2, -0.15) is 0 Å². The smallest absolute Gasteiger partial charge is 0.412 e. The Morgan fingerprint density at radius 1 is 1.15 bits per heavy atom. The Morgan fingerprint density at radius 2 is 1.65 bits per heavy atom. The maximum Gasteiger partial charge on any atom is 0.412 e. The van der Waals surface area contributed by atoms with Gasteiger partial charge in [-0.15, -0.1) is 0 Å². The standard InChI is InChI=1S/C13H20N2O4S/c1-13(2,3)19-12(16)14-10-6-8-11(9-7-10)20(17,18)15(4)5/h6-9H,1-5H3,(H,14,16). The molecule has 1 N–H and O–H groups in total. The van der Waals surface area contributed by atoms with Crippen LogP contribution in [0.2, 0.25) is 0 Å². The monoisotopic (exact) mass is 300 g/mol. The van der Waals surface area contributed by atoms with Crippen molar-refractivity contribution in [2.24, 2.45) is 0 Å². The molecule has 0 unspecified atom stereocenters. The van der Waals surface area contributed by atoms with Crippen molar-refractivity contribution in [2.75, 3.05) is 19.4 Å². The van der Waals surface area contributed by atoms with E-state index >= 15 is 0 Å². The Kier molecular flexibility index (Phi) is 4.77. The van der Waals surface area contributed by atoms with Crippen molar-refractivity contribution in [3.8, 4) is 0 Å². The Balaban J connectivity index is 2.81. The molecule has 0 radical (unpaired) electrons. The summed E-state index contributed by atoms with van der Waals surface area (Å²) in [5, 5.41) is 2.54. The molecule has 0 aromatic heterocycles. The summed E-state index contributed by atoms with van der Waals surface area (Å²) in [6.07, 6.45) is -0.583. The summed E-state index contributed by atoms with van der Waals surface area (Å²) in [6.45, 7) is 5.29. The van der Waals surface area contributed by atoms with Crippen LogP contribution in [0.3, 0.4) is 0 Å². The fraction of sp³-hybridized carbons (Fsp3) is 0.462. The number of hydrogen-bond donors (Lipinski definition) is 1. The molecule has 0 bridgehead atoms. The van der Waals surface area contributed by atoms with Crippen LogP contribution in [0.5, 0.6) is 0 Å². The molecule has 1 aromatic carbocycles. The highest BCUT2D eigenvalue weighted by atomic mass is 32.2. The third-order valence-corrected chi connectivity index (χ3v) is 4.11. The maximum absolute atomic E-state index is 11.9. The summed E-state index contributed by atoms with van der Waals surface area (Å²) in [5.41, 5.74) is -0.116. The van der Waals surface area contributed by atoms with Gasteiger partial charge in [0.05, 0.1) is 4.90 Å². The number of nitrogens with one attached hydrogen (secondary N) is 1. The molecule has 7 heteroatoms. The van der Waals surface area contributed by atoms with E-state index in [2.05, 4.69) is 5.32 Å². The van der Waals surface area contributed by atoms with Gasteiger partial charge in [0.25, 0.3) is 0 Å². The van der Waals surface area contributed by atoms with E-state index in [0.29, 0.717) is 5.69 Å². The van der Waals surface area contributed by atoms with Crippen LogP contribution in [-0.2, 0) is 14.8 Å². The predicted molar refractivity (Wildman–Crippen MR) is 77.2 cm³/mol. The van der Waals surface area contributed by atoms with Gasteiger partial charge in [-0.3, -0.25) is 5.32 Å². The van der Waals surface area contributed by atoms with Gasteiger partial charge < -0.3 is 4.74 Å². The molecule has 6 nitrogen and oxygen atoms in total. The summed E-state index contributed by atoms with van der Waals surface area (Å²) < 4.78 is 30.0. The predicted octanol–water partition coefficient (Wildman–Crippen LogP) is 2.28. The largest absolute Gasteiger partial charge is 0.444 e. The van der Waals surface area contributed by atoms with Gasteiger partial charge in [0.2, 0.25) is 10.0 Å². The zero-order valence-electron chi connectivity index (χ0n) is 12.3. The summed E-state index contributed by atoms with van der Waals surface area (Å²) in [7, 11) is -0.541. The zero-order chi connectivity index (χ0) is 15.6. The second-order valence-corrected chi connectivity index (χ2v) is 7.59. The van der Waals surface area contributed by atoms with Crippen molar-refractivity contribution < 1.29 is 17.9 Å². The van der Waals surface area contributed by atoms with Crippen molar-refractivity contribution in [1.29, 1.82) is 0 Å². The highest BCUT2D eigenvalue weighted by molar-refractivity contribution is 7.89. The normalized spacial score (nSPS) is 12.3. The molecule has 1 aromatic rings. The van der Waals surface area contributed by atoms with Gasteiger partial charge in [0, 0.05) is 19.8 Å². The van der Waals surface area contributed by atoms with Gasteiger partial charge in [-0.05, 0) is 45.0 Å². The van der Waals surface area contributed by atoms with Crippen LogP contribution in [-0.4, -0.2) is 38.5 Å². The van der Waals surface area contributed by atoms with Crippen LogP contribution < -0.4 is 5.32 Å². The first-order chi connectivity index (χ1) is 9.02. The number of sulfonamides is 1. The molecule has 0 aliphatic carbocycles. The zero-order valence-corrected chi connectivity index (χ0v) is 13.1. The van der Waals surface area contributed by atoms with E-state index in [1.165, 1.54) is 38.4 Å². The quantitative estimate of drug-likeness (QED) is 0.929. The average molecular weight is 300 g/mol. The number of benzene rings is 1. The maximum atomic E-state index is 11.9. The van der Waals surface area contributed by atoms with E-state index in [1.807, 2.05) is 0 Å². The third-order valence-electron chi connectivity index (χ3n) is 2.28. The van der Waals surface area contributed by atoms with Crippen LogP contribution in [0.1, 0.15) is 20.8 Å². The Labute approximate surface area is 119 Å². The van der Waals surface area contributed by atoms with Gasteiger partial charge >= 0.3 is 6.09 Å². The third kappa shape index (κ3) is 4.50. The molecule has 1 rings (SSSR count). The molecule has 112 valence electrons. The van der Waals surface area contributed by atoms with Gasteiger partial charge in [-0.1, -0.05) is 0 Å². The first kappa shape index (κ1) is 16.5. The molecule has 0 fully saturated rings. The van der Waals surface area contributed by atoms with Crippen LogP contribution in [0.4, 0.5) is 10.5 Å². The highest BCUT2D eigenvalue weighted by Gasteiger charge is 2.18. The van der Waals surface area contributed by atoms with Gasteiger partial charge in [0.1, 0.15) is 5.60 Å². The minimum absolute atomic E-state index is 0.164. The Bertz CT molecular complexity index is 571. The molecule has 0 saturated heterocycles. The van der Waals surface area contributed by atoms with Crippen molar-refractivity contribution in [2.45, 2.75) is 31.3 Å². The number of carbonyl (C=O) groups excluding carboxylic acids is 1. The van der Waals surface area contributed by atoms with Crippen molar-refractivity contribution in [3.63, 3.8) is 0 Å². The lowest BCUT2D eigenvalue weighted by Crippen LogP contribution is -2.27. The van der Waals surface area contributed by atoms with E-state index in [9.17, 15) is 13.2 Å². The molecular weight excluding hydrogens is 280 g/mol. The summed E-state index contributed by atoms with van der Waals surface area (Å²) in [6, 6.07) is 5.89. The number of amides is 1. The van der Waals surface area contributed by atoms with Crippen molar-refractivity contribution >= 4 is 21.8 Å². The molecule has 0 heterocycles. The molecular formula is C13H20N2O4S. The number of carbonyl (C=O) groups is 1. The van der Waals surface area contributed by atoms with Crippen molar-refractivity contribution in [3.05, 3.63) is 24.3 Å². The molecule has 0 atom stereocenters. The molecule has 0 aliphatic rings. The number of ether oxygens (including phenoxy) is 1. The lowest BCUT2D eigenvalue weighted by molar-refractivity contribution is 0.0636. The van der Waals surface area contributed by atoms with Crippen LogP contribution in [0.25, 0.3) is 0 Å². The highest BCUT2D eigenvalue weighted by Crippen LogP contribution is 2.17. The summed E-state index contributed by atoms with van der Waals surface area (Å²) in [5.74, 6) is 0. The molecule has 1 amide bonds. The van der Waals surface area contributed by atoms with E-state index in [1.54, 1.807) is 20.8 Å². The van der Waals surface area contributed by atoms with Gasteiger partial charge in [-0.25, -0.2) is 17.5 Å². The molecule has 20 heavy (non-hydrogen) atoms. The first-order valence-corrected chi connectivity index (χ1v) is 7.49. The number of hydrogen-bond acceptors (Lipinski definition) is 4. The lowest BCUT2D eigenvalue weighted by atomic mass is 10.2. The molecule has 0 aliphatic heterocycles. The van der Waals surface area contributed by atoms with Crippen LogP contribution in [0.15, 0.2) is 29.2 Å². The second-order valence-electron chi connectivity index (χ2n) is 5.44. The number of nitrogens with zero attached hydrogens (tertiary/aromatic N) is 1. The first-order valence-electron chi connectivity index (χ1n) is 6.05. The summed E-state index contributed by atoms with van der Waals surface area (Å²) in [4.78, 5) is 11.7.